The van der Waals surface area contributed by atoms with E-state index in [0.717, 1.165) is 32.2 Å². The zero-order valence-electron chi connectivity index (χ0n) is 11.4. The molecule has 1 saturated heterocycles. The summed E-state index contributed by atoms with van der Waals surface area (Å²) in [5.41, 5.74) is 0.577. The summed E-state index contributed by atoms with van der Waals surface area (Å²) in [6, 6.07) is 6.29. The van der Waals surface area contributed by atoms with Gasteiger partial charge in [0, 0.05) is 37.0 Å². The Morgan fingerprint density at radius 2 is 2.10 bits per heavy atom. The molecule has 1 heterocycles. The monoisotopic (exact) mass is 294 g/mol. The van der Waals surface area contributed by atoms with E-state index in [9.17, 15) is 13.2 Å². The molecular weight excluding hydrogens is 276 g/mol. The van der Waals surface area contributed by atoms with Crippen molar-refractivity contribution in [2.45, 2.75) is 23.3 Å². The van der Waals surface area contributed by atoms with Crippen LogP contribution in [0.5, 0.6) is 0 Å². The van der Waals surface area contributed by atoms with Crippen LogP contribution in [0.3, 0.4) is 0 Å². The van der Waals surface area contributed by atoms with E-state index in [1.54, 1.807) is 12.1 Å². The Labute approximate surface area is 118 Å². The number of nitrogens with one attached hydrogen (secondary N) is 1. The van der Waals surface area contributed by atoms with Crippen molar-refractivity contribution in [1.29, 1.82) is 0 Å². The molecule has 0 aromatic heterocycles. The lowest BCUT2D eigenvalue weighted by Gasteiger charge is -2.34. The molecule has 0 unspecified atom stereocenters. The molecule has 108 valence electrons. The fourth-order valence-corrected chi connectivity index (χ4v) is 3.32. The minimum atomic E-state index is -3.28. The molecule has 1 saturated carbocycles. The van der Waals surface area contributed by atoms with E-state index in [4.69, 9.17) is 0 Å². The van der Waals surface area contributed by atoms with Crippen LogP contribution in [0.15, 0.2) is 29.2 Å². The van der Waals surface area contributed by atoms with E-state index in [-0.39, 0.29) is 16.3 Å². The summed E-state index contributed by atoms with van der Waals surface area (Å²) in [4.78, 5) is 14.5. The lowest BCUT2D eigenvalue weighted by molar-refractivity contribution is 0.0691. The Balaban J connectivity index is 1.83. The van der Waals surface area contributed by atoms with Crippen LogP contribution in [0.1, 0.15) is 23.2 Å². The first-order valence-corrected chi connectivity index (χ1v) is 8.63. The topological polar surface area (TPSA) is 66.5 Å². The van der Waals surface area contributed by atoms with Crippen molar-refractivity contribution >= 4 is 15.7 Å². The molecule has 1 aliphatic carbocycles. The number of amides is 1. The van der Waals surface area contributed by atoms with Gasteiger partial charge in [0.2, 0.25) is 0 Å². The average Bonchev–Trinajstić information content (AvgIpc) is 3.16. The predicted octanol–water partition coefficient (Wildman–Crippen LogP) is 0.668. The molecule has 0 atom stereocenters. The first-order chi connectivity index (χ1) is 9.40. The van der Waals surface area contributed by atoms with Crippen LogP contribution >= 0.6 is 0 Å². The molecular formula is C14H18N2O3S. The molecule has 1 spiro atoms. The van der Waals surface area contributed by atoms with Crippen LogP contribution in [0, 0.1) is 0 Å². The quantitative estimate of drug-likeness (QED) is 0.870. The maximum atomic E-state index is 12.5. The van der Waals surface area contributed by atoms with Crippen molar-refractivity contribution in [3.05, 3.63) is 29.8 Å². The Morgan fingerprint density at radius 1 is 1.35 bits per heavy atom. The normalized spacial score (nSPS) is 20.9. The molecule has 2 fully saturated rings. The first-order valence-electron chi connectivity index (χ1n) is 6.74. The largest absolute Gasteiger partial charge is 0.336 e. The summed E-state index contributed by atoms with van der Waals surface area (Å²) in [5.74, 6) is -0.0803. The van der Waals surface area contributed by atoms with Crippen molar-refractivity contribution in [2.24, 2.45) is 0 Å². The van der Waals surface area contributed by atoms with Crippen molar-refractivity contribution < 1.29 is 13.2 Å². The fraction of sp³-hybridized carbons (Fsp3) is 0.500. The first kappa shape index (κ1) is 13.6. The third-order valence-corrected chi connectivity index (χ3v) is 5.14. The second-order valence-corrected chi connectivity index (χ2v) is 7.75. The molecule has 6 heteroatoms. The highest BCUT2D eigenvalue weighted by molar-refractivity contribution is 7.90. The van der Waals surface area contributed by atoms with Gasteiger partial charge in [-0.2, -0.15) is 0 Å². The average molecular weight is 294 g/mol. The Hall–Kier alpha value is -1.40. The van der Waals surface area contributed by atoms with Gasteiger partial charge in [0.1, 0.15) is 0 Å². The summed E-state index contributed by atoms with van der Waals surface area (Å²) in [6.07, 6.45) is 3.38. The van der Waals surface area contributed by atoms with E-state index in [1.165, 1.54) is 12.1 Å². The highest BCUT2D eigenvalue weighted by atomic mass is 32.2. The molecule has 3 rings (SSSR count). The van der Waals surface area contributed by atoms with E-state index in [2.05, 4.69) is 5.32 Å². The number of hydrogen-bond acceptors (Lipinski definition) is 4. The standard InChI is InChI=1S/C14H18N2O3S/c1-20(18,19)12-4-2-3-11(9-12)13(17)16-8-7-15-14(10-16)5-6-14/h2-4,9,15H,5-8,10H2,1H3. The van der Waals surface area contributed by atoms with Gasteiger partial charge in [0.15, 0.2) is 9.84 Å². The number of nitrogens with zero attached hydrogens (tertiary/aromatic N) is 1. The number of rotatable bonds is 2. The summed E-state index contributed by atoms with van der Waals surface area (Å²) in [5, 5.41) is 3.45. The third kappa shape index (κ3) is 2.58. The highest BCUT2D eigenvalue weighted by Crippen LogP contribution is 2.37. The van der Waals surface area contributed by atoms with Gasteiger partial charge in [-0.1, -0.05) is 6.07 Å². The van der Waals surface area contributed by atoms with Gasteiger partial charge in [0.25, 0.3) is 5.91 Å². The molecule has 1 aliphatic heterocycles. The van der Waals surface area contributed by atoms with Crippen molar-refractivity contribution in [3.8, 4) is 0 Å². The van der Waals surface area contributed by atoms with Crippen LogP contribution in [-0.2, 0) is 9.84 Å². The number of benzene rings is 1. The van der Waals surface area contributed by atoms with Crippen molar-refractivity contribution in [3.63, 3.8) is 0 Å². The molecule has 5 nitrogen and oxygen atoms in total. The summed E-state index contributed by atoms with van der Waals surface area (Å²) in [7, 11) is -3.28. The number of hydrogen-bond donors (Lipinski definition) is 1. The van der Waals surface area contributed by atoms with E-state index < -0.39 is 9.84 Å². The number of carbonyl (C=O) groups is 1. The lowest BCUT2D eigenvalue weighted by atomic mass is 10.1. The second kappa shape index (κ2) is 4.56. The molecule has 0 radical (unpaired) electrons. The van der Waals surface area contributed by atoms with Gasteiger partial charge in [0.05, 0.1) is 4.90 Å². The van der Waals surface area contributed by atoms with Gasteiger partial charge >= 0.3 is 0 Å². The summed E-state index contributed by atoms with van der Waals surface area (Å²) < 4.78 is 23.1. The van der Waals surface area contributed by atoms with Gasteiger partial charge in [-0.25, -0.2) is 8.42 Å². The van der Waals surface area contributed by atoms with Crippen molar-refractivity contribution in [2.75, 3.05) is 25.9 Å². The Kier molecular flexibility index (Phi) is 3.10. The lowest BCUT2D eigenvalue weighted by Crippen LogP contribution is -2.54. The maximum Gasteiger partial charge on any atom is 0.254 e. The third-order valence-electron chi connectivity index (χ3n) is 4.03. The van der Waals surface area contributed by atoms with Gasteiger partial charge in [-0.3, -0.25) is 4.79 Å². The van der Waals surface area contributed by atoms with Crippen LogP contribution in [0.4, 0.5) is 0 Å². The minimum absolute atomic E-state index is 0.0803. The smallest absolute Gasteiger partial charge is 0.254 e. The van der Waals surface area contributed by atoms with Crippen LogP contribution in [-0.4, -0.2) is 50.7 Å². The summed E-state index contributed by atoms with van der Waals surface area (Å²) >= 11 is 0. The maximum absolute atomic E-state index is 12.5. The van der Waals surface area contributed by atoms with Crippen LogP contribution < -0.4 is 5.32 Å². The van der Waals surface area contributed by atoms with E-state index in [0.29, 0.717) is 12.1 Å². The molecule has 0 bridgehead atoms. The van der Waals surface area contributed by atoms with Gasteiger partial charge in [-0.05, 0) is 31.0 Å². The minimum Gasteiger partial charge on any atom is -0.336 e. The van der Waals surface area contributed by atoms with Crippen LogP contribution in [0.25, 0.3) is 0 Å². The molecule has 1 aromatic carbocycles. The predicted molar refractivity (Wildman–Crippen MR) is 75.4 cm³/mol. The molecule has 1 N–H and O–H groups in total. The number of piperazine rings is 1. The van der Waals surface area contributed by atoms with E-state index in [1.807, 2.05) is 4.90 Å². The molecule has 20 heavy (non-hydrogen) atoms. The van der Waals surface area contributed by atoms with Crippen molar-refractivity contribution in [1.82, 2.24) is 10.2 Å². The molecule has 2 aliphatic rings. The Bertz CT molecular complexity index is 650. The summed E-state index contributed by atoms with van der Waals surface area (Å²) in [6.45, 7) is 2.19. The highest BCUT2D eigenvalue weighted by Gasteiger charge is 2.46. The van der Waals surface area contributed by atoms with Crippen LogP contribution in [0.2, 0.25) is 0 Å². The molecule has 1 aromatic rings. The second-order valence-electron chi connectivity index (χ2n) is 5.73. The van der Waals surface area contributed by atoms with Gasteiger partial charge in [-0.15, -0.1) is 0 Å². The van der Waals surface area contributed by atoms with E-state index >= 15 is 0 Å². The SMILES string of the molecule is CS(=O)(=O)c1cccc(C(=O)N2CCNC3(CC3)C2)c1. The molecule has 1 amide bonds. The Morgan fingerprint density at radius 3 is 2.75 bits per heavy atom. The number of sulfone groups is 1. The number of carbonyl (C=O) groups excluding carboxylic acids is 1. The fourth-order valence-electron chi connectivity index (χ4n) is 2.66. The zero-order valence-corrected chi connectivity index (χ0v) is 12.2. The van der Waals surface area contributed by atoms with Gasteiger partial charge < -0.3 is 10.2 Å². The zero-order chi connectivity index (χ0) is 14.4.